The number of carbonyl (C=O) groups excluding carboxylic acids is 2. The third kappa shape index (κ3) is 6.94. The maximum Gasteiger partial charge on any atom is 0.422 e. The first kappa shape index (κ1) is 32.4. The molecular weight excluding hydrogens is 589 g/mol. The van der Waals surface area contributed by atoms with Crippen LogP contribution in [-0.4, -0.2) is 59.4 Å². The van der Waals surface area contributed by atoms with Gasteiger partial charge in [0.05, 0.1) is 30.4 Å². The van der Waals surface area contributed by atoms with Gasteiger partial charge in [0.1, 0.15) is 11.4 Å². The zero-order chi connectivity index (χ0) is 31.9. The highest BCUT2D eigenvalue weighted by Gasteiger charge is 2.49. The smallest absolute Gasteiger partial charge is 0.422 e. The van der Waals surface area contributed by atoms with E-state index in [1.165, 1.54) is 6.07 Å². The normalized spacial score (nSPS) is 26.8. The quantitative estimate of drug-likeness (QED) is 0.306. The third-order valence-electron chi connectivity index (χ3n) is 9.58. The second kappa shape index (κ2) is 12.4. The molecule has 2 heterocycles. The summed E-state index contributed by atoms with van der Waals surface area (Å²) in [5.74, 6) is 0.0362. The van der Waals surface area contributed by atoms with Gasteiger partial charge >= 0.3 is 16.3 Å². The number of rotatable bonds is 10. The molecule has 2 fully saturated rings. The van der Waals surface area contributed by atoms with Crippen molar-refractivity contribution in [3.8, 4) is 11.3 Å². The Morgan fingerprint density at radius 2 is 2.02 bits per heavy atom. The standard InChI is InChI=1S/C31H44FN5O6S/c1-5-31(26(38)14-24-28-21(7-6-8-22(28)32)25-17-33-18-37(24)25)15-19-9-10-23(20(13-19)16-31)35-27(39)11-12-34-44(41,42)36-29(40)43-30(2,3)4/h6-8,17-20,23-24,26,34,38H,5,9-16H2,1-4H3,(H,35,39)(H,36,40)/t19?,20?,23-,24?,26?,31?/m1/s1. The van der Waals surface area contributed by atoms with Gasteiger partial charge in [-0.2, -0.15) is 13.1 Å². The molecule has 6 atom stereocenters. The second-order valence-corrected chi connectivity index (χ2v) is 15.1. The van der Waals surface area contributed by atoms with Crippen LogP contribution < -0.4 is 14.8 Å². The predicted molar refractivity (Wildman–Crippen MR) is 162 cm³/mol. The van der Waals surface area contributed by atoms with Crippen LogP contribution in [0.4, 0.5) is 9.18 Å². The van der Waals surface area contributed by atoms with Crippen LogP contribution in [0.3, 0.4) is 0 Å². The molecule has 1 aromatic heterocycles. The lowest BCUT2D eigenvalue weighted by atomic mass is 9.56. The summed E-state index contributed by atoms with van der Waals surface area (Å²) in [5, 5.41) is 15.0. The van der Waals surface area contributed by atoms with Crippen LogP contribution in [0, 0.1) is 23.1 Å². The monoisotopic (exact) mass is 633 g/mol. The van der Waals surface area contributed by atoms with E-state index in [9.17, 15) is 23.1 Å². The number of fused-ring (bicyclic) bond motifs is 5. The number of ether oxygens (including phenoxy) is 1. The highest BCUT2D eigenvalue weighted by Crippen LogP contribution is 2.54. The minimum absolute atomic E-state index is 0.0847. The molecule has 0 radical (unpaired) electrons. The van der Waals surface area contributed by atoms with Gasteiger partial charge in [-0.05, 0) is 89.0 Å². The number of aromatic nitrogens is 2. The van der Waals surface area contributed by atoms with Crippen LogP contribution in [-0.2, 0) is 19.7 Å². The van der Waals surface area contributed by atoms with Crippen molar-refractivity contribution in [2.75, 3.05) is 6.54 Å². The largest absolute Gasteiger partial charge is 0.443 e. The highest BCUT2D eigenvalue weighted by molar-refractivity contribution is 7.88. The molecule has 1 aliphatic heterocycles. The van der Waals surface area contributed by atoms with Crippen molar-refractivity contribution in [3.63, 3.8) is 0 Å². The summed E-state index contributed by atoms with van der Waals surface area (Å²) in [6.45, 7) is 6.77. The Hall–Kier alpha value is -3.03. The van der Waals surface area contributed by atoms with Gasteiger partial charge < -0.3 is 19.7 Å². The number of hydrogen-bond acceptors (Lipinski definition) is 7. The SMILES string of the molecule is CCC1(C(O)CC2c3c(F)cccc3-c3cncn32)CC2CC[C@@H](NC(=O)CCNS(=O)(=O)NC(=O)OC(C)(C)C)C(C2)C1. The fraction of sp³-hybridized carbons (Fsp3) is 0.645. The van der Waals surface area contributed by atoms with Gasteiger partial charge in [-0.25, -0.2) is 18.9 Å². The van der Waals surface area contributed by atoms with Crippen LogP contribution >= 0.6 is 0 Å². The van der Waals surface area contributed by atoms with Crippen LogP contribution in [0.5, 0.6) is 0 Å². The third-order valence-corrected chi connectivity index (χ3v) is 10.6. The molecule has 2 bridgehead atoms. The molecule has 2 amide bonds. The molecule has 2 aromatic rings. The van der Waals surface area contributed by atoms with Gasteiger partial charge in [-0.1, -0.05) is 19.1 Å². The summed E-state index contributed by atoms with van der Waals surface area (Å²) in [5.41, 5.74) is 1.06. The van der Waals surface area contributed by atoms with Crippen LogP contribution in [0.1, 0.15) is 90.7 Å². The number of amides is 2. The molecule has 44 heavy (non-hydrogen) atoms. The van der Waals surface area contributed by atoms with E-state index in [0.717, 1.165) is 49.8 Å². The predicted octanol–water partition coefficient (Wildman–Crippen LogP) is 4.18. The molecule has 13 heteroatoms. The first-order valence-electron chi connectivity index (χ1n) is 15.5. The fourth-order valence-corrected chi connectivity index (χ4v) is 8.36. The van der Waals surface area contributed by atoms with E-state index < -0.39 is 28.0 Å². The Balaban J connectivity index is 1.19. The maximum absolute atomic E-state index is 15.1. The summed E-state index contributed by atoms with van der Waals surface area (Å²) < 4.78 is 50.3. The van der Waals surface area contributed by atoms with Crippen molar-refractivity contribution in [2.24, 2.45) is 17.3 Å². The number of imidazole rings is 1. The number of carbonyl (C=O) groups is 2. The number of nitrogens with zero attached hydrogens (tertiary/aromatic N) is 2. The van der Waals surface area contributed by atoms with Crippen LogP contribution in [0.15, 0.2) is 30.7 Å². The summed E-state index contributed by atoms with van der Waals surface area (Å²) in [4.78, 5) is 28.9. The number of aliphatic hydroxyl groups is 1. The fourth-order valence-electron chi connectivity index (χ4n) is 7.65. The first-order valence-corrected chi connectivity index (χ1v) is 17.0. The van der Waals surface area contributed by atoms with Gasteiger partial charge in [0, 0.05) is 30.1 Å². The molecule has 2 aliphatic carbocycles. The van der Waals surface area contributed by atoms with Gasteiger partial charge in [-0.3, -0.25) is 4.79 Å². The van der Waals surface area contributed by atoms with Crippen molar-refractivity contribution in [3.05, 3.63) is 42.1 Å². The molecule has 0 saturated heterocycles. The van der Waals surface area contributed by atoms with Crippen molar-refractivity contribution in [1.29, 1.82) is 0 Å². The Kier molecular flexibility index (Phi) is 9.12. The Bertz CT molecular complexity index is 1490. The van der Waals surface area contributed by atoms with E-state index in [1.807, 2.05) is 10.6 Å². The molecule has 2 saturated carbocycles. The number of benzene rings is 1. The summed E-state index contributed by atoms with van der Waals surface area (Å²) >= 11 is 0. The molecule has 1 aromatic carbocycles. The lowest BCUT2D eigenvalue weighted by Gasteiger charge is -2.52. The van der Waals surface area contributed by atoms with Crippen molar-refractivity contribution < 1.29 is 32.2 Å². The summed E-state index contributed by atoms with van der Waals surface area (Å²) in [6, 6.07) is 4.64. The lowest BCUT2D eigenvalue weighted by molar-refractivity contribution is -0.123. The van der Waals surface area contributed by atoms with Crippen LogP contribution in [0.2, 0.25) is 0 Å². The van der Waals surface area contributed by atoms with Crippen molar-refractivity contribution in [1.82, 2.24) is 24.3 Å². The highest BCUT2D eigenvalue weighted by atomic mass is 32.2. The molecule has 5 rings (SSSR count). The van der Waals surface area contributed by atoms with Gasteiger partial charge in [0.2, 0.25) is 5.91 Å². The Morgan fingerprint density at radius 1 is 1.25 bits per heavy atom. The Morgan fingerprint density at radius 3 is 2.75 bits per heavy atom. The van der Waals surface area contributed by atoms with Crippen molar-refractivity contribution >= 4 is 22.2 Å². The van der Waals surface area contributed by atoms with Crippen molar-refractivity contribution in [2.45, 2.75) is 103 Å². The molecular formula is C31H44FN5O6S. The summed E-state index contributed by atoms with van der Waals surface area (Å²) in [6.07, 6.45) is 7.05. The number of nitrogens with one attached hydrogen (secondary N) is 3. The average Bonchev–Trinajstić information content (AvgIpc) is 3.51. The zero-order valence-electron chi connectivity index (χ0n) is 25.8. The minimum Gasteiger partial charge on any atom is -0.443 e. The summed E-state index contributed by atoms with van der Waals surface area (Å²) in [7, 11) is -4.18. The minimum atomic E-state index is -4.18. The molecule has 11 nitrogen and oxygen atoms in total. The number of hydrogen-bond donors (Lipinski definition) is 4. The molecule has 5 unspecified atom stereocenters. The van der Waals surface area contributed by atoms with E-state index in [0.29, 0.717) is 17.9 Å². The number of aliphatic hydroxyl groups excluding tert-OH is 1. The van der Waals surface area contributed by atoms with Gasteiger partial charge in [0.25, 0.3) is 0 Å². The average molecular weight is 634 g/mol. The molecule has 242 valence electrons. The topological polar surface area (TPSA) is 152 Å². The van der Waals surface area contributed by atoms with Crippen LogP contribution in [0.25, 0.3) is 11.3 Å². The zero-order valence-corrected chi connectivity index (χ0v) is 26.6. The van der Waals surface area contributed by atoms with E-state index in [1.54, 1.807) is 44.1 Å². The van der Waals surface area contributed by atoms with E-state index in [-0.39, 0.29) is 48.1 Å². The van der Waals surface area contributed by atoms with Gasteiger partial charge in [0.15, 0.2) is 0 Å². The number of halogens is 1. The van der Waals surface area contributed by atoms with E-state index in [4.69, 9.17) is 4.74 Å². The van der Waals surface area contributed by atoms with E-state index >= 15 is 4.39 Å². The maximum atomic E-state index is 15.1. The first-order chi connectivity index (χ1) is 20.7. The molecule has 4 N–H and O–H groups in total. The Labute approximate surface area is 258 Å². The van der Waals surface area contributed by atoms with Gasteiger partial charge in [-0.15, -0.1) is 0 Å². The molecule has 3 aliphatic rings. The lowest BCUT2D eigenvalue weighted by Crippen LogP contribution is -2.52. The van der Waals surface area contributed by atoms with E-state index in [2.05, 4.69) is 21.9 Å². The molecule has 0 spiro atoms. The second-order valence-electron chi connectivity index (χ2n) is 13.6.